The molecule has 8 nitrogen and oxygen atoms in total. The van der Waals surface area contributed by atoms with Gasteiger partial charge in [0.15, 0.2) is 11.5 Å². The number of phenols is 2. The number of esters is 1. The molecule has 0 saturated carbocycles. The van der Waals surface area contributed by atoms with E-state index in [0.717, 1.165) is 5.56 Å². The fraction of sp³-hybridized carbons (Fsp3) is 0.280. The second-order valence-corrected chi connectivity index (χ2v) is 7.72. The minimum atomic E-state index is -0.819. The number of aromatic hydroxyl groups is 3. The molecule has 0 radical (unpaired) electrons. The van der Waals surface area contributed by atoms with E-state index in [-0.39, 0.29) is 35.0 Å². The second-order valence-electron chi connectivity index (χ2n) is 7.72. The number of ether oxygens (including phenoxy) is 2. The normalized spacial score (nSPS) is 11.7. The van der Waals surface area contributed by atoms with Crippen LogP contribution in [0.1, 0.15) is 34.7 Å². The molecule has 1 heterocycles. The van der Waals surface area contributed by atoms with Gasteiger partial charge in [-0.1, -0.05) is 18.2 Å². The first-order valence-corrected chi connectivity index (χ1v) is 10.4. The van der Waals surface area contributed by atoms with E-state index >= 15 is 0 Å². The average Bonchev–Trinajstić information content (AvgIpc) is 2.79. The SMILES string of the molecule is COC(=O)C[C@@H](c1ccc(O)c(OC)c1)c1c(O)cc(C)n(CCc2ccc(O)cc2)c1=O. The second kappa shape index (κ2) is 10.1. The summed E-state index contributed by atoms with van der Waals surface area (Å²) in [6.45, 7) is 2.06. The Kier molecular flexibility index (Phi) is 7.27. The summed E-state index contributed by atoms with van der Waals surface area (Å²) in [7, 11) is 2.65. The molecule has 2 aromatic carbocycles. The number of hydrogen-bond acceptors (Lipinski definition) is 7. The van der Waals surface area contributed by atoms with Crippen LogP contribution in [-0.4, -0.2) is 40.1 Å². The lowest BCUT2D eigenvalue weighted by Crippen LogP contribution is -2.29. The van der Waals surface area contributed by atoms with Crippen molar-refractivity contribution in [3.63, 3.8) is 0 Å². The molecule has 174 valence electrons. The number of rotatable bonds is 8. The van der Waals surface area contributed by atoms with Crippen LogP contribution in [0.4, 0.5) is 0 Å². The summed E-state index contributed by atoms with van der Waals surface area (Å²) in [4.78, 5) is 25.7. The van der Waals surface area contributed by atoms with Crippen molar-refractivity contribution in [2.24, 2.45) is 0 Å². The van der Waals surface area contributed by atoms with Crippen molar-refractivity contribution in [3.8, 4) is 23.0 Å². The van der Waals surface area contributed by atoms with Gasteiger partial charge >= 0.3 is 5.97 Å². The van der Waals surface area contributed by atoms with Crippen LogP contribution < -0.4 is 10.3 Å². The minimum absolute atomic E-state index is 0.0597. The van der Waals surface area contributed by atoms with Gasteiger partial charge in [-0.2, -0.15) is 0 Å². The summed E-state index contributed by atoms with van der Waals surface area (Å²) in [6.07, 6.45) is 0.341. The summed E-state index contributed by atoms with van der Waals surface area (Å²) in [5, 5.41) is 30.2. The molecule has 0 fully saturated rings. The van der Waals surface area contributed by atoms with E-state index in [1.165, 1.54) is 32.4 Å². The predicted molar refractivity (Wildman–Crippen MR) is 122 cm³/mol. The Hall–Kier alpha value is -3.94. The molecule has 0 saturated heterocycles. The van der Waals surface area contributed by atoms with Crippen LogP contribution in [0.25, 0.3) is 0 Å². The Bertz CT molecular complexity index is 1200. The van der Waals surface area contributed by atoms with Gasteiger partial charge in [-0.15, -0.1) is 0 Å². The Morgan fingerprint density at radius 3 is 2.33 bits per heavy atom. The highest BCUT2D eigenvalue weighted by molar-refractivity contribution is 5.71. The number of pyridine rings is 1. The van der Waals surface area contributed by atoms with E-state index in [0.29, 0.717) is 24.2 Å². The standard InChI is InChI=1S/C25H27NO7/c1-15-12-21(29)24(25(31)26(15)11-10-16-4-7-18(27)8-5-16)19(14-23(30)33-3)17-6-9-20(28)22(13-17)32-2/h4-9,12-13,19,27-29H,10-11,14H2,1-3H3/t19-/m0/s1. The zero-order valence-corrected chi connectivity index (χ0v) is 18.7. The average molecular weight is 453 g/mol. The van der Waals surface area contributed by atoms with Crippen molar-refractivity contribution >= 4 is 5.97 Å². The van der Waals surface area contributed by atoms with Crippen LogP contribution >= 0.6 is 0 Å². The molecule has 0 bridgehead atoms. The van der Waals surface area contributed by atoms with Gasteiger partial charge in [0.05, 0.1) is 26.2 Å². The molecule has 3 aromatic rings. The number of methoxy groups -OCH3 is 2. The van der Waals surface area contributed by atoms with E-state index < -0.39 is 17.4 Å². The molecule has 33 heavy (non-hydrogen) atoms. The molecule has 8 heteroatoms. The fourth-order valence-electron chi connectivity index (χ4n) is 3.83. The summed E-state index contributed by atoms with van der Waals surface area (Å²) in [5.41, 5.74) is 1.65. The molecule has 0 aliphatic rings. The molecule has 0 aliphatic heterocycles. The molecule has 3 rings (SSSR count). The molecule has 1 aromatic heterocycles. The Morgan fingerprint density at radius 2 is 1.70 bits per heavy atom. The monoisotopic (exact) mass is 453 g/mol. The van der Waals surface area contributed by atoms with Crippen molar-refractivity contribution in [3.05, 3.63) is 81.3 Å². The maximum Gasteiger partial charge on any atom is 0.306 e. The van der Waals surface area contributed by atoms with E-state index in [2.05, 4.69) is 0 Å². The predicted octanol–water partition coefficient (Wildman–Crippen LogP) is 3.22. The van der Waals surface area contributed by atoms with Gasteiger partial charge in [-0.05, 0) is 54.8 Å². The largest absolute Gasteiger partial charge is 0.508 e. The van der Waals surface area contributed by atoms with E-state index in [9.17, 15) is 24.9 Å². The molecule has 0 amide bonds. The first kappa shape index (κ1) is 23.7. The third-order valence-electron chi connectivity index (χ3n) is 5.64. The molecule has 0 spiro atoms. The number of nitrogens with zero attached hydrogens (tertiary/aromatic N) is 1. The van der Waals surface area contributed by atoms with Gasteiger partial charge in [0.1, 0.15) is 11.5 Å². The van der Waals surface area contributed by atoms with Gasteiger partial charge < -0.3 is 29.4 Å². The fourth-order valence-corrected chi connectivity index (χ4v) is 3.83. The topological polar surface area (TPSA) is 118 Å². The summed E-state index contributed by atoms with van der Waals surface area (Å²) >= 11 is 0. The first-order chi connectivity index (χ1) is 15.7. The Labute approximate surface area is 191 Å². The highest BCUT2D eigenvalue weighted by Crippen LogP contribution is 2.36. The zero-order valence-electron chi connectivity index (χ0n) is 18.7. The van der Waals surface area contributed by atoms with Crippen molar-refractivity contribution in [1.29, 1.82) is 0 Å². The van der Waals surface area contributed by atoms with Gasteiger partial charge in [0.2, 0.25) is 0 Å². The maximum atomic E-state index is 13.5. The number of phenolic OH excluding ortho intramolecular Hbond substituents is 2. The molecule has 1 atom stereocenters. The lowest BCUT2D eigenvalue weighted by Gasteiger charge is -2.21. The van der Waals surface area contributed by atoms with Gasteiger partial charge in [0, 0.05) is 18.2 Å². The van der Waals surface area contributed by atoms with Crippen molar-refractivity contribution in [1.82, 2.24) is 4.57 Å². The lowest BCUT2D eigenvalue weighted by atomic mass is 9.88. The number of carbonyl (C=O) groups is 1. The Morgan fingerprint density at radius 1 is 1.00 bits per heavy atom. The van der Waals surface area contributed by atoms with Gasteiger partial charge in [-0.25, -0.2) is 0 Å². The maximum absolute atomic E-state index is 13.5. The molecule has 0 aliphatic carbocycles. The molecule has 0 unspecified atom stereocenters. The van der Waals surface area contributed by atoms with Crippen LogP contribution in [0, 0.1) is 6.92 Å². The van der Waals surface area contributed by atoms with E-state index in [1.807, 2.05) is 0 Å². The van der Waals surface area contributed by atoms with Crippen LogP contribution in [0.3, 0.4) is 0 Å². The van der Waals surface area contributed by atoms with Gasteiger partial charge in [0.25, 0.3) is 5.56 Å². The van der Waals surface area contributed by atoms with Gasteiger partial charge in [-0.3, -0.25) is 9.59 Å². The number of benzene rings is 2. The smallest absolute Gasteiger partial charge is 0.306 e. The minimum Gasteiger partial charge on any atom is -0.508 e. The number of carbonyl (C=O) groups excluding carboxylic acids is 1. The quantitative estimate of drug-likeness (QED) is 0.448. The molecular formula is C25H27NO7. The van der Waals surface area contributed by atoms with E-state index in [1.54, 1.807) is 41.8 Å². The number of hydrogen-bond donors (Lipinski definition) is 3. The third-order valence-corrected chi connectivity index (χ3v) is 5.64. The molecular weight excluding hydrogens is 426 g/mol. The van der Waals surface area contributed by atoms with Crippen LogP contribution in [0.5, 0.6) is 23.0 Å². The zero-order chi connectivity index (χ0) is 24.1. The number of aromatic nitrogens is 1. The van der Waals surface area contributed by atoms with Crippen LogP contribution in [-0.2, 0) is 22.5 Å². The number of aryl methyl sites for hydroxylation is 2. The van der Waals surface area contributed by atoms with Crippen molar-refractivity contribution < 1.29 is 29.6 Å². The summed E-state index contributed by atoms with van der Waals surface area (Å²) < 4.78 is 11.5. The first-order valence-electron chi connectivity index (χ1n) is 10.4. The third kappa shape index (κ3) is 5.28. The molecule has 3 N–H and O–H groups in total. The van der Waals surface area contributed by atoms with E-state index in [4.69, 9.17) is 9.47 Å². The summed E-state index contributed by atoms with van der Waals surface area (Å²) in [6, 6.07) is 12.7. The Balaban J connectivity index is 2.07. The van der Waals surface area contributed by atoms with Crippen molar-refractivity contribution in [2.45, 2.75) is 32.2 Å². The lowest BCUT2D eigenvalue weighted by molar-refractivity contribution is -0.140. The van der Waals surface area contributed by atoms with Crippen molar-refractivity contribution in [2.75, 3.05) is 14.2 Å². The van der Waals surface area contributed by atoms with Crippen LogP contribution in [0.2, 0.25) is 0 Å². The highest BCUT2D eigenvalue weighted by Gasteiger charge is 2.27. The summed E-state index contributed by atoms with van der Waals surface area (Å²) in [5.74, 6) is -1.34. The highest BCUT2D eigenvalue weighted by atomic mass is 16.5. The van der Waals surface area contributed by atoms with Crippen LogP contribution in [0.15, 0.2) is 53.3 Å².